The summed E-state index contributed by atoms with van der Waals surface area (Å²) in [6, 6.07) is 17.7. The summed E-state index contributed by atoms with van der Waals surface area (Å²) in [4.78, 5) is 53.8. The fourth-order valence-electron chi connectivity index (χ4n) is 8.76. The van der Waals surface area contributed by atoms with Gasteiger partial charge in [0.2, 0.25) is 11.8 Å². The quantitative estimate of drug-likeness (QED) is 0.0465. The number of rotatable bonds is 22. The van der Waals surface area contributed by atoms with Gasteiger partial charge in [-0.05, 0) is 153 Å². The average Bonchev–Trinajstić information content (AvgIpc) is 3.48. The zero-order valence-electron chi connectivity index (χ0n) is 37.5. The third kappa shape index (κ3) is 11.4. The number of imide groups is 2. The number of benzene rings is 3. The second-order valence-electron chi connectivity index (χ2n) is 17.4. The lowest BCUT2D eigenvalue weighted by Crippen LogP contribution is -2.54. The summed E-state index contributed by atoms with van der Waals surface area (Å²) in [7, 11) is 0. The summed E-state index contributed by atoms with van der Waals surface area (Å²) in [5, 5.41) is 2.25. The van der Waals surface area contributed by atoms with Crippen molar-refractivity contribution in [2.75, 3.05) is 26.2 Å². The summed E-state index contributed by atoms with van der Waals surface area (Å²) in [6.07, 6.45) is 16.5. The first-order chi connectivity index (χ1) is 29.9. The number of carbonyl (C=O) groups excluding carboxylic acids is 4. The highest BCUT2D eigenvalue weighted by Gasteiger charge is 2.44. The van der Waals surface area contributed by atoms with Crippen LogP contribution in [0.5, 0.6) is 0 Å². The van der Waals surface area contributed by atoms with E-state index in [1.165, 1.54) is 22.3 Å². The Kier molecular flexibility index (Phi) is 16.1. The monoisotopic (exact) mass is 839 g/mol. The van der Waals surface area contributed by atoms with Crippen LogP contribution in [0.25, 0.3) is 22.8 Å². The molecule has 1 N–H and O–H groups in total. The molecule has 6 rings (SSSR count). The van der Waals surface area contributed by atoms with Crippen molar-refractivity contribution in [1.82, 2.24) is 15.1 Å². The van der Waals surface area contributed by atoms with Gasteiger partial charge in [0.05, 0.1) is 23.0 Å². The van der Waals surface area contributed by atoms with Crippen LogP contribution in [0.4, 0.5) is 0 Å². The molecule has 2 fully saturated rings. The normalized spacial score (nSPS) is 19.2. The Morgan fingerprint density at radius 1 is 0.855 bits per heavy atom. The SMILES string of the molecule is C=C/C(=C\C=C(/C)O[C@H]1C[C@H](OCCCCCN(CCC)CCCc2ccc3c(c2)C(=O)N(C2CCC(=O)NC2=O)C3=O)C1)c1ccc(-c2cc(C=C)ccc2C)c(C(C)C)c1. The highest BCUT2D eigenvalue weighted by Crippen LogP contribution is 2.35. The van der Waals surface area contributed by atoms with Crippen LogP contribution in [-0.4, -0.2) is 77.9 Å². The summed E-state index contributed by atoms with van der Waals surface area (Å²) in [5.74, 6) is -0.658. The zero-order chi connectivity index (χ0) is 44.3. The number of nitrogens with zero attached hydrogens (tertiary/aromatic N) is 2. The lowest BCUT2D eigenvalue weighted by Gasteiger charge is -2.35. The van der Waals surface area contributed by atoms with E-state index >= 15 is 0 Å². The Bertz CT molecular complexity index is 2210. The lowest BCUT2D eigenvalue weighted by atomic mass is 9.87. The zero-order valence-corrected chi connectivity index (χ0v) is 37.5. The number of carbonyl (C=O) groups is 4. The van der Waals surface area contributed by atoms with Gasteiger partial charge in [0, 0.05) is 25.9 Å². The minimum Gasteiger partial charge on any atom is -0.495 e. The molecule has 1 saturated carbocycles. The smallest absolute Gasteiger partial charge is 0.262 e. The van der Waals surface area contributed by atoms with E-state index in [1.54, 1.807) is 12.1 Å². The first kappa shape index (κ1) is 46.1. The van der Waals surface area contributed by atoms with Gasteiger partial charge in [-0.3, -0.25) is 29.4 Å². The number of amides is 4. The van der Waals surface area contributed by atoms with Crippen LogP contribution in [0.15, 0.2) is 91.7 Å². The van der Waals surface area contributed by atoms with Crippen LogP contribution in [-0.2, 0) is 25.5 Å². The van der Waals surface area contributed by atoms with E-state index in [0.29, 0.717) is 17.0 Å². The van der Waals surface area contributed by atoms with Crippen molar-refractivity contribution < 1.29 is 28.7 Å². The Labute approximate surface area is 368 Å². The molecule has 3 aliphatic rings. The molecule has 3 aromatic carbocycles. The van der Waals surface area contributed by atoms with Gasteiger partial charge >= 0.3 is 0 Å². The fourth-order valence-corrected chi connectivity index (χ4v) is 8.76. The lowest BCUT2D eigenvalue weighted by molar-refractivity contribution is -0.136. The van der Waals surface area contributed by atoms with Crippen LogP contribution in [0, 0.1) is 6.92 Å². The molecule has 9 heteroatoms. The molecule has 0 aromatic heterocycles. The number of ether oxygens (including phenoxy) is 2. The molecule has 1 saturated heterocycles. The van der Waals surface area contributed by atoms with Crippen molar-refractivity contribution in [3.8, 4) is 11.1 Å². The Morgan fingerprint density at radius 2 is 1.61 bits per heavy atom. The molecule has 0 spiro atoms. The Hall–Kier alpha value is -5.38. The number of hydrogen-bond donors (Lipinski definition) is 1. The first-order valence-corrected chi connectivity index (χ1v) is 22.6. The van der Waals surface area contributed by atoms with Crippen LogP contribution < -0.4 is 5.32 Å². The molecule has 4 amide bonds. The van der Waals surface area contributed by atoms with Crippen LogP contribution in [0.3, 0.4) is 0 Å². The highest BCUT2D eigenvalue weighted by molar-refractivity contribution is 6.23. The Morgan fingerprint density at radius 3 is 2.34 bits per heavy atom. The summed E-state index contributed by atoms with van der Waals surface area (Å²) >= 11 is 0. The highest BCUT2D eigenvalue weighted by atomic mass is 16.5. The third-order valence-electron chi connectivity index (χ3n) is 12.4. The van der Waals surface area contributed by atoms with Gasteiger partial charge in [-0.15, -0.1) is 0 Å². The molecular weight excluding hydrogens is 775 g/mol. The molecule has 0 bridgehead atoms. The predicted molar refractivity (Wildman–Crippen MR) is 249 cm³/mol. The molecule has 328 valence electrons. The van der Waals surface area contributed by atoms with Crippen molar-refractivity contribution in [3.63, 3.8) is 0 Å². The third-order valence-corrected chi connectivity index (χ3v) is 12.4. The Balaban J connectivity index is 0.880. The van der Waals surface area contributed by atoms with Gasteiger partial charge in [0.15, 0.2) is 0 Å². The van der Waals surface area contributed by atoms with E-state index in [-0.39, 0.29) is 31.0 Å². The largest absolute Gasteiger partial charge is 0.495 e. The summed E-state index contributed by atoms with van der Waals surface area (Å²) in [6.45, 7) is 22.7. The van der Waals surface area contributed by atoms with E-state index in [0.717, 1.165) is 111 Å². The molecule has 2 aliphatic heterocycles. The number of nitrogens with one attached hydrogen (secondary N) is 1. The molecule has 1 unspecified atom stereocenters. The molecule has 1 aliphatic carbocycles. The molecule has 1 atom stereocenters. The van der Waals surface area contributed by atoms with E-state index < -0.39 is 23.8 Å². The summed E-state index contributed by atoms with van der Waals surface area (Å²) in [5.41, 5.74) is 10.0. The maximum absolute atomic E-state index is 13.2. The van der Waals surface area contributed by atoms with Gasteiger partial charge in [-0.2, -0.15) is 0 Å². The first-order valence-electron chi connectivity index (χ1n) is 22.6. The van der Waals surface area contributed by atoms with Gasteiger partial charge in [0.25, 0.3) is 11.8 Å². The number of aryl methyl sites for hydroxylation is 2. The number of unbranched alkanes of at least 4 members (excludes halogenated alkanes) is 2. The van der Waals surface area contributed by atoms with Crippen LogP contribution in [0.2, 0.25) is 0 Å². The van der Waals surface area contributed by atoms with E-state index in [1.807, 2.05) is 31.2 Å². The van der Waals surface area contributed by atoms with Crippen molar-refractivity contribution in [3.05, 3.63) is 131 Å². The molecular formula is C53H65N3O6. The van der Waals surface area contributed by atoms with Gasteiger partial charge in [-0.1, -0.05) is 88.6 Å². The number of fused-ring (bicyclic) bond motifs is 1. The minimum absolute atomic E-state index is 0.106. The molecule has 2 heterocycles. The van der Waals surface area contributed by atoms with Gasteiger partial charge < -0.3 is 14.4 Å². The fraction of sp³-hybridized carbons (Fsp3) is 0.434. The van der Waals surface area contributed by atoms with Crippen LogP contribution in [0.1, 0.15) is 140 Å². The van der Waals surface area contributed by atoms with E-state index in [2.05, 4.69) is 93.5 Å². The summed E-state index contributed by atoms with van der Waals surface area (Å²) < 4.78 is 12.5. The number of hydrogen-bond acceptors (Lipinski definition) is 7. The number of piperidine rings is 1. The molecule has 9 nitrogen and oxygen atoms in total. The van der Waals surface area contributed by atoms with Crippen LogP contribution >= 0.6 is 0 Å². The maximum atomic E-state index is 13.2. The van der Waals surface area contributed by atoms with Crippen molar-refractivity contribution in [2.24, 2.45) is 0 Å². The molecule has 62 heavy (non-hydrogen) atoms. The maximum Gasteiger partial charge on any atom is 0.262 e. The predicted octanol–water partition coefficient (Wildman–Crippen LogP) is 10.4. The number of allylic oxidation sites excluding steroid dienone is 5. The topological polar surface area (TPSA) is 105 Å². The second-order valence-corrected chi connectivity index (χ2v) is 17.4. The van der Waals surface area contributed by atoms with Gasteiger partial charge in [0.1, 0.15) is 12.1 Å². The molecule has 3 aromatic rings. The van der Waals surface area contributed by atoms with E-state index in [4.69, 9.17) is 9.47 Å². The van der Waals surface area contributed by atoms with Crippen molar-refractivity contribution in [2.45, 2.75) is 123 Å². The average molecular weight is 840 g/mol. The minimum atomic E-state index is -0.951. The standard InChI is InChI=1S/C53H65N3O6/c1-8-26-55(28-14-15-39-19-22-45-48(31-39)53(60)56(52(45)59)49-24-25-50(57)54-51(49)58)27-12-11-13-29-61-42-33-43(34-42)62-37(7)17-20-40(10-3)41-21-23-44(46(32-41)35(4)5)47-30-38(9-2)18-16-36(47)6/h9-10,16-23,30-32,35,42-43,49H,2-3,8,11-15,24-29,33-34H2,1,4-7H3,(H,54,57,58)/b37-17+,40-20+/t42-,43-,49?. The van der Waals surface area contributed by atoms with Crippen molar-refractivity contribution in [1.29, 1.82) is 0 Å². The molecule has 0 radical (unpaired) electrons. The van der Waals surface area contributed by atoms with Gasteiger partial charge in [-0.25, -0.2) is 0 Å². The van der Waals surface area contributed by atoms with Crippen molar-refractivity contribution >= 4 is 35.3 Å². The second kappa shape index (κ2) is 21.6. The van der Waals surface area contributed by atoms with E-state index in [9.17, 15) is 19.2 Å².